The number of fused-ring (bicyclic) bond motifs is 1. The predicted octanol–water partition coefficient (Wildman–Crippen LogP) is 2.51. The highest BCUT2D eigenvalue weighted by atomic mass is 16.6. The summed E-state index contributed by atoms with van der Waals surface area (Å²) >= 11 is 0. The Morgan fingerprint density at radius 2 is 1.76 bits per heavy atom. The number of hydrogen-bond acceptors (Lipinski definition) is 4. The highest BCUT2D eigenvalue weighted by Gasteiger charge is 2.03. The number of benzene rings is 2. The van der Waals surface area contributed by atoms with Crippen molar-refractivity contribution in [2.24, 2.45) is 4.99 Å². The van der Waals surface area contributed by atoms with Crippen molar-refractivity contribution >= 4 is 28.6 Å². The zero-order valence-corrected chi connectivity index (χ0v) is 10.7. The lowest BCUT2D eigenvalue weighted by molar-refractivity contribution is -0.384. The molecule has 104 valence electrons. The summed E-state index contributed by atoms with van der Waals surface area (Å²) in [7, 11) is 0. The topological polar surface area (TPSA) is 104 Å². The van der Waals surface area contributed by atoms with E-state index in [0.29, 0.717) is 11.2 Å². The van der Waals surface area contributed by atoms with Crippen molar-refractivity contribution < 1.29 is 4.92 Å². The molecule has 0 saturated heterocycles. The van der Waals surface area contributed by atoms with Gasteiger partial charge in [-0.15, -0.1) is 0 Å². The maximum atomic E-state index is 11.2. The molecule has 1 aromatic heterocycles. The van der Waals surface area contributed by atoms with Crippen molar-refractivity contribution in [3.8, 4) is 0 Å². The number of aliphatic imine (C=N–C) groups is 1. The summed E-state index contributed by atoms with van der Waals surface area (Å²) in [4.78, 5) is 30.8. The van der Waals surface area contributed by atoms with E-state index in [1.165, 1.54) is 12.1 Å². The minimum atomic E-state index is -0.455. The van der Waals surface area contributed by atoms with Crippen molar-refractivity contribution in [1.82, 2.24) is 9.97 Å². The first-order valence-corrected chi connectivity index (χ1v) is 6.12. The molecule has 1 heterocycles. The van der Waals surface area contributed by atoms with E-state index in [9.17, 15) is 14.9 Å². The Bertz CT molecular complexity index is 890. The molecule has 0 amide bonds. The molecule has 21 heavy (non-hydrogen) atoms. The molecule has 7 heteroatoms. The van der Waals surface area contributed by atoms with E-state index >= 15 is 0 Å². The van der Waals surface area contributed by atoms with Crippen molar-refractivity contribution in [2.75, 3.05) is 0 Å². The molecule has 3 aromatic rings. The number of nitrogens with zero attached hydrogens (tertiary/aromatic N) is 2. The van der Waals surface area contributed by atoms with Crippen LogP contribution in [0.3, 0.4) is 0 Å². The fourth-order valence-corrected chi connectivity index (χ4v) is 1.94. The maximum Gasteiger partial charge on any atom is 0.323 e. The van der Waals surface area contributed by atoms with Crippen molar-refractivity contribution in [1.29, 1.82) is 0 Å². The first-order chi connectivity index (χ1) is 10.1. The fraction of sp³-hybridized carbons (Fsp3) is 0. The number of nitro benzene ring substituents is 1. The van der Waals surface area contributed by atoms with Gasteiger partial charge in [-0.3, -0.25) is 15.1 Å². The molecule has 0 fully saturated rings. The Balaban J connectivity index is 1.86. The molecule has 0 atom stereocenters. The molecule has 0 aliphatic rings. The van der Waals surface area contributed by atoms with Crippen LogP contribution in [0.1, 0.15) is 5.56 Å². The largest absolute Gasteiger partial charge is 0.323 e. The second-order valence-corrected chi connectivity index (χ2v) is 4.42. The molecule has 3 rings (SSSR count). The van der Waals surface area contributed by atoms with E-state index in [0.717, 1.165) is 11.1 Å². The van der Waals surface area contributed by atoms with Gasteiger partial charge in [-0.25, -0.2) is 4.79 Å². The van der Waals surface area contributed by atoms with E-state index in [1.807, 2.05) is 6.07 Å². The normalized spacial score (nSPS) is 11.2. The third-order valence-corrected chi connectivity index (χ3v) is 2.96. The van der Waals surface area contributed by atoms with Crippen molar-refractivity contribution in [2.45, 2.75) is 0 Å². The molecule has 0 saturated carbocycles. The quantitative estimate of drug-likeness (QED) is 0.438. The van der Waals surface area contributed by atoms with Gasteiger partial charge in [0.05, 0.1) is 21.6 Å². The number of non-ortho nitro benzene ring substituents is 1. The molecular weight excluding hydrogens is 272 g/mol. The number of aromatic nitrogens is 2. The molecule has 2 N–H and O–H groups in total. The number of nitro groups is 1. The van der Waals surface area contributed by atoms with Gasteiger partial charge in [-0.2, -0.15) is 0 Å². The van der Waals surface area contributed by atoms with Crippen LogP contribution in [0.25, 0.3) is 11.0 Å². The monoisotopic (exact) mass is 282 g/mol. The summed E-state index contributed by atoms with van der Waals surface area (Å²) in [6, 6.07) is 11.4. The first-order valence-electron chi connectivity index (χ1n) is 6.12. The number of H-pyrrole nitrogens is 2. The van der Waals surface area contributed by atoms with Crippen LogP contribution in [0.2, 0.25) is 0 Å². The Hall–Kier alpha value is -3.22. The predicted molar refractivity (Wildman–Crippen MR) is 79.3 cm³/mol. The van der Waals surface area contributed by atoms with Gasteiger partial charge >= 0.3 is 5.69 Å². The van der Waals surface area contributed by atoms with Crippen LogP contribution in [0.4, 0.5) is 11.4 Å². The number of imidazole rings is 1. The van der Waals surface area contributed by atoms with Crippen LogP contribution < -0.4 is 5.69 Å². The van der Waals surface area contributed by atoms with Crippen LogP contribution in [-0.2, 0) is 0 Å². The van der Waals surface area contributed by atoms with Crippen LogP contribution in [0.15, 0.2) is 52.3 Å². The van der Waals surface area contributed by atoms with E-state index in [4.69, 9.17) is 0 Å². The van der Waals surface area contributed by atoms with E-state index in [2.05, 4.69) is 15.0 Å². The van der Waals surface area contributed by atoms with Crippen LogP contribution >= 0.6 is 0 Å². The van der Waals surface area contributed by atoms with Crippen molar-refractivity contribution in [3.05, 3.63) is 68.6 Å². The highest BCUT2D eigenvalue weighted by molar-refractivity contribution is 5.88. The maximum absolute atomic E-state index is 11.2. The van der Waals surface area contributed by atoms with E-state index in [-0.39, 0.29) is 11.4 Å². The SMILES string of the molecule is O=c1[nH]c2ccc(C=Nc3ccc([N+](=O)[O-])cc3)cc2[nH]1. The number of hydrogen-bond donors (Lipinski definition) is 2. The van der Waals surface area contributed by atoms with Gasteiger partial charge < -0.3 is 9.97 Å². The summed E-state index contributed by atoms with van der Waals surface area (Å²) in [5.41, 5.74) is 2.63. The van der Waals surface area contributed by atoms with Crippen LogP contribution in [-0.4, -0.2) is 21.1 Å². The molecule has 0 spiro atoms. The lowest BCUT2D eigenvalue weighted by Crippen LogP contribution is -1.99. The zero-order valence-electron chi connectivity index (χ0n) is 10.7. The molecule has 2 aromatic carbocycles. The summed E-state index contributed by atoms with van der Waals surface area (Å²) in [6.07, 6.45) is 1.63. The molecule has 0 unspecified atom stereocenters. The second-order valence-electron chi connectivity index (χ2n) is 4.42. The second kappa shape index (κ2) is 5.04. The fourth-order valence-electron chi connectivity index (χ4n) is 1.94. The molecule has 0 aliphatic carbocycles. The minimum absolute atomic E-state index is 0.0280. The molecular formula is C14H10N4O3. The van der Waals surface area contributed by atoms with Gasteiger partial charge in [0.25, 0.3) is 5.69 Å². The third kappa shape index (κ3) is 2.71. The first kappa shape index (κ1) is 12.8. The molecule has 0 bridgehead atoms. The standard InChI is InChI=1S/C14H10N4O3/c19-14-16-12-6-1-9(7-13(12)17-14)8-15-10-2-4-11(5-3-10)18(20)21/h1-8H,(H2,16,17,19). The van der Waals surface area contributed by atoms with Gasteiger partial charge in [0, 0.05) is 18.3 Å². The average molecular weight is 282 g/mol. The highest BCUT2D eigenvalue weighted by Crippen LogP contribution is 2.18. The van der Waals surface area contributed by atoms with Gasteiger partial charge in [0.2, 0.25) is 0 Å². The number of rotatable bonds is 3. The van der Waals surface area contributed by atoms with Gasteiger partial charge in [-0.05, 0) is 29.8 Å². The molecule has 0 radical (unpaired) electrons. The zero-order chi connectivity index (χ0) is 14.8. The van der Waals surface area contributed by atoms with Crippen LogP contribution in [0, 0.1) is 10.1 Å². The Kier molecular flexibility index (Phi) is 3.07. The lowest BCUT2D eigenvalue weighted by atomic mass is 10.2. The lowest BCUT2D eigenvalue weighted by Gasteiger charge is -1.95. The van der Waals surface area contributed by atoms with Gasteiger partial charge in [0.15, 0.2) is 0 Å². The summed E-state index contributed by atoms with van der Waals surface area (Å²) in [5.74, 6) is 0. The van der Waals surface area contributed by atoms with Crippen LogP contribution in [0.5, 0.6) is 0 Å². The Morgan fingerprint density at radius 1 is 1.05 bits per heavy atom. The smallest absolute Gasteiger partial charge is 0.306 e. The van der Waals surface area contributed by atoms with E-state index < -0.39 is 4.92 Å². The molecule has 0 aliphatic heterocycles. The average Bonchev–Trinajstić information content (AvgIpc) is 2.84. The number of nitrogens with one attached hydrogen (secondary N) is 2. The summed E-state index contributed by atoms with van der Waals surface area (Å²) in [6.45, 7) is 0. The number of aromatic amines is 2. The molecule has 7 nitrogen and oxygen atoms in total. The third-order valence-electron chi connectivity index (χ3n) is 2.96. The summed E-state index contributed by atoms with van der Waals surface area (Å²) < 4.78 is 0. The van der Waals surface area contributed by atoms with Gasteiger partial charge in [-0.1, -0.05) is 6.07 Å². The minimum Gasteiger partial charge on any atom is -0.306 e. The van der Waals surface area contributed by atoms with Gasteiger partial charge in [0.1, 0.15) is 0 Å². The van der Waals surface area contributed by atoms with E-state index in [1.54, 1.807) is 30.5 Å². The van der Waals surface area contributed by atoms with Crippen molar-refractivity contribution in [3.63, 3.8) is 0 Å². The Labute approximate surface area is 118 Å². The summed E-state index contributed by atoms with van der Waals surface area (Å²) in [5, 5.41) is 10.6. The Morgan fingerprint density at radius 3 is 2.48 bits per heavy atom.